The number of rotatable bonds is 6. The molecule has 1 aliphatic heterocycles. The van der Waals surface area contributed by atoms with Gasteiger partial charge < -0.3 is 15.1 Å². The SMILES string of the molecule is CCc1ccc([C@@H](NC(=O)C[NH+]2CCN(C(C)=O)CC2)C(C)C)cc1. The maximum Gasteiger partial charge on any atom is 0.275 e. The smallest absolute Gasteiger partial charge is 0.275 e. The van der Waals surface area contributed by atoms with Crippen molar-refractivity contribution >= 4 is 11.8 Å². The minimum Gasteiger partial charge on any atom is -0.344 e. The van der Waals surface area contributed by atoms with Gasteiger partial charge in [0, 0.05) is 6.92 Å². The fourth-order valence-corrected chi connectivity index (χ4v) is 3.36. The summed E-state index contributed by atoms with van der Waals surface area (Å²) in [6, 6.07) is 8.58. The number of hydrogen-bond donors (Lipinski definition) is 2. The van der Waals surface area contributed by atoms with Crippen molar-refractivity contribution in [1.29, 1.82) is 0 Å². The van der Waals surface area contributed by atoms with Crippen LogP contribution >= 0.6 is 0 Å². The summed E-state index contributed by atoms with van der Waals surface area (Å²) in [5.41, 5.74) is 2.47. The van der Waals surface area contributed by atoms with E-state index in [0.29, 0.717) is 12.5 Å². The molecule has 1 aromatic carbocycles. The number of benzene rings is 1. The van der Waals surface area contributed by atoms with E-state index in [2.05, 4.69) is 50.4 Å². The van der Waals surface area contributed by atoms with Gasteiger partial charge in [-0.1, -0.05) is 45.0 Å². The van der Waals surface area contributed by atoms with Gasteiger partial charge in [0.25, 0.3) is 5.91 Å². The van der Waals surface area contributed by atoms with Crippen molar-refractivity contribution in [2.75, 3.05) is 32.7 Å². The minimum absolute atomic E-state index is 0.0383. The lowest BCUT2D eigenvalue weighted by molar-refractivity contribution is -0.896. The predicted octanol–water partition coefficient (Wildman–Crippen LogP) is 0.809. The van der Waals surface area contributed by atoms with Crippen molar-refractivity contribution < 1.29 is 14.5 Å². The predicted molar refractivity (Wildman–Crippen MR) is 99.4 cm³/mol. The Morgan fingerprint density at radius 1 is 1.16 bits per heavy atom. The zero-order valence-electron chi connectivity index (χ0n) is 16.0. The number of amides is 2. The standard InChI is InChI=1S/C20H31N3O2/c1-5-17-6-8-18(9-7-17)20(15(2)3)21-19(25)14-22-10-12-23(13-11-22)16(4)24/h6-9,15,20H,5,10-14H2,1-4H3,(H,21,25)/p+1/t20-/m0/s1. The molecule has 1 heterocycles. The van der Waals surface area contributed by atoms with E-state index in [1.54, 1.807) is 6.92 Å². The van der Waals surface area contributed by atoms with Crippen LogP contribution in [0.5, 0.6) is 0 Å². The normalized spacial score (nSPS) is 16.8. The number of carbonyl (C=O) groups is 2. The van der Waals surface area contributed by atoms with E-state index in [1.165, 1.54) is 10.5 Å². The Bertz CT molecular complexity index is 575. The van der Waals surface area contributed by atoms with E-state index >= 15 is 0 Å². The van der Waals surface area contributed by atoms with Gasteiger partial charge >= 0.3 is 0 Å². The summed E-state index contributed by atoms with van der Waals surface area (Å²) in [6.45, 7) is 11.7. The maximum atomic E-state index is 12.5. The third kappa shape index (κ3) is 5.56. The van der Waals surface area contributed by atoms with E-state index in [0.717, 1.165) is 38.2 Å². The number of carbonyl (C=O) groups excluding carboxylic acids is 2. The number of aryl methyl sites for hydroxylation is 1. The van der Waals surface area contributed by atoms with Gasteiger partial charge in [0.15, 0.2) is 6.54 Å². The van der Waals surface area contributed by atoms with Crippen molar-refractivity contribution in [3.63, 3.8) is 0 Å². The van der Waals surface area contributed by atoms with E-state index in [9.17, 15) is 9.59 Å². The topological polar surface area (TPSA) is 53.9 Å². The van der Waals surface area contributed by atoms with Crippen molar-refractivity contribution in [2.45, 2.75) is 40.2 Å². The molecule has 1 aliphatic rings. The monoisotopic (exact) mass is 346 g/mol. The summed E-state index contributed by atoms with van der Waals surface area (Å²) >= 11 is 0. The first-order valence-corrected chi connectivity index (χ1v) is 9.38. The van der Waals surface area contributed by atoms with Crippen LogP contribution in [0.2, 0.25) is 0 Å². The molecule has 1 fully saturated rings. The van der Waals surface area contributed by atoms with E-state index < -0.39 is 0 Å². The van der Waals surface area contributed by atoms with Crippen LogP contribution in [0, 0.1) is 5.92 Å². The van der Waals surface area contributed by atoms with E-state index in [1.807, 2.05) is 4.90 Å². The fourth-order valence-electron chi connectivity index (χ4n) is 3.36. The van der Waals surface area contributed by atoms with Crippen LogP contribution in [0.15, 0.2) is 24.3 Å². The first-order valence-electron chi connectivity index (χ1n) is 9.38. The largest absolute Gasteiger partial charge is 0.344 e. The van der Waals surface area contributed by atoms with Gasteiger partial charge in [-0.2, -0.15) is 0 Å². The van der Waals surface area contributed by atoms with Gasteiger partial charge in [-0.05, 0) is 23.5 Å². The van der Waals surface area contributed by atoms with Crippen molar-refractivity contribution in [2.24, 2.45) is 5.92 Å². The second-order valence-corrected chi connectivity index (χ2v) is 7.32. The number of nitrogens with zero attached hydrogens (tertiary/aromatic N) is 1. The Morgan fingerprint density at radius 2 is 1.76 bits per heavy atom. The summed E-state index contributed by atoms with van der Waals surface area (Å²) in [5.74, 6) is 0.546. The van der Waals surface area contributed by atoms with Crippen LogP contribution in [0.25, 0.3) is 0 Å². The summed E-state index contributed by atoms with van der Waals surface area (Å²) in [5, 5.41) is 3.21. The van der Waals surface area contributed by atoms with Crippen molar-refractivity contribution in [1.82, 2.24) is 10.2 Å². The molecule has 0 bridgehead atoms. The average molecular weight is 346 g/mol. The molecule has 138 valence electrons. The van der Waals surface area contributed by atoms with Gasteiger partial charge in [-0.15, -0.1) is 0 Å². The summed E-state index contributed by atoms with van der Waals surface area (Å²) in [6.07, 6.45) is 1.02. The molecule has 5 heteroatoms. The number of piperazine rings is 1. The lowest BCUT2D eigenvalue weighted by Gasteiger charge is -2.31. The highest BCUT2D eigenvalue weighted by Crippen LogP contribution is 2.22. The molecular weight excluding hydrogens is 314 g/mol. The molecule has 0 aliphatic carbocycles. The zero-order chi connectivity index (χ0) is 18.4. The number of nitrogens with one attached hydrogen (secondary N) is 2. The first-order chi connectivity index (χ1) is 11.9. The fraction of sp³-hybridized carbons (Fsp3) is 0.600. The van der Waals surface area contributed by atoms with E-state index in [-0.39, 0.29) is 17.9 Å². The Hall–Kier alpha value is -1.88. The second-order valence-electron chi connectivity index (χ2n) is 7.32. The third-order valence-corrected chi connectivity index (χ3v) is 5.06. The summed E-state index contributed by atoms with van der Waals surface area (Å²) < 4.78 is 0. The zero-order valence-corrected chi connectivity index (χ0v) is 16.0. The molecule has 0 saturated carbocycles. The van der Waals surface area contributed by atoms with Crippen LogP contribution in [-0.2, 0) is 16.0 Å². The van der Waals surface area contributed by atoms with Crippen LogP contribution in [0.3, 0.4) is 0 Å². The molecular formula is C20H32N3O2+. The first kappa shape index (κ1) is 19.4. The van der Waals surface area contributed by atoms with E-state index in [4.69, 9.17) is 0 Å². The average Bonchev–Trinajstić information content (AvgIpc) is 2.60. The Morgan fingerprint density at radius 3 is 2.24 bits per heavy atom. The highest BCUT2D eigenvalue weighted by atomic mass is 16.2. The summed E-state index contributed by atoms with van der Waals surface area (Å²) in [4.78, 5) is 27.0. The Kier molecular flexibility index (Phi) is 7.00. The lowest BCUT2D eigenvalue weighted by atomic mass is 9.95. The number of quaternary nitrogens is 1. The number of hydrogen-bond acceptors (Lipinski definition) is 2. The van der Waals surface area contributed by atoms with Crippen LogP contribution in [-0.4, -0.2) is 49.4 Å². The highest BCUT2D eigenvalue weighted by Gasteiger charge is 2.25. The van der Waals surface area contributed by atoms with Gasteiger partial charge in [0.2, 0.25) is 5.91 Å². The van der Waals surface area contributed by atoms with Gasteiger partial charge in [-0.3, -0.25) is 9.59 Å². The molecule has 2 rings (SSSR count). The molecule has 1 atom stereocenters. The molecule has 25 heavy (non-hydrogen) atoms. The molecule has 1 aromatic rings. The second kappa shape index (κ2) is 8.99. The lowest BCUT2D eigenvalue weighted by Crippen LogP contribution is -3.15. The van der Waals surface area contributed by atoms with Crippen molar-refractivity contribution in [3.8, 4) is 0 Å². The molecule has 1 saturated heterocycles. The van der Waals surface area contributed by atoms with Gasteiger partial charge in [-0.25, -0.2) is 0 Å². The third-order valence-electron chi connectivity index (χ3n) is 5.06. The Labute approximate surface area is 151 Å². The van der Waals surface area contributed by atoms with Gasteiger partial charge in [0.05, 0.1) is 32.2 Å². The molecule has 2 amide bonds. The molecule has 0 radical (unpaired) electrons. The maximum absolute atomic E-state index is 12.5. The highest BCUT2D eigenvalue weighted by molar-refractivity contribution is 5.77. The molecule has 0 aromatic heterocycles. The van der Waals surface area contributed by atoms with Crippen LogP contribution in [0.1, 0.15) is 44.9 Å². The minimum atomic E-state index is 0.0383. The Balaban J connectivity index is 1.91. The van der Waals surface area contributed by atoms with Gasteiger partial charge in [0.1, 0.15) is 0 Å². The molecule has 5 nitrogen and oxygen atoms in total. The molecule has 0 unspecified atom stereocenters. The molecule has 0 spiro atoms. The quantitative estimate of drug-likeness (QED) is 0.801. The van der Waals surface area contributed by atoms with Crippen LogP contribution in [0.4, 0.5) is 0 Å². The van der Waals surface area contributed by atoms with Crippen molar-refractivity contribution in [3.05, 3.63) is 35.4 Å². The molecule has 2 N–H and O–H groups in total. The van der Waals surface area contributed by atoms with Crippen LogP contribution < -0.4 is 10.2 Å². The summed E-state index contributed by atoms with van der Waals surface area (Å²) in [7, 11) is 0.